The molecule has 90 valence electrons. The summed E-state index contributed by atoms with van der Waals surface area (Å²) in [6, 6.07) is 6.44. The van der Waals surface area contributed by atoms with Gasteiger partial charge in [-0.3, -0.25) is 4.68 Å². The van der Waals surface area contributed by atoms with Crippen LogP contribution >= 0.6 is 0 Å². The van der Waals surface area contributed by atoms with Crippen molar-refractivity contribution in [3.8, 4) is 11.1 Å². The summed E-state index contributed by atoms with van der Waals surface area (Å²) in [5, 5.41) is 4.38. The average molecular weight is 233 g/mol. The van der Waals surface area contributed by atoms with Crippen LogP contribution in [0.1, 0.15) is 25.5 Å². The lowest BCUT2D eigenvalue weighted by atomic mass is 9.99. The number of halogens is 1. The predicted molar refractivity (Wildman–Crippen MR) is 67.1 cm³/mol. The number of nitrogens with zero attached hydrogens (tertiary/aromatic N) is 2. The molecule has 17 heavy (non-hydrogen) atoms. The summed E-state index contributed by atoms with van der Waals surface area (Å²) in [6.07, 6.45) is 0. The number of nitrogens with two attached hydrogens (primary N) is 1. The summed E-state index contributed by atoms with van der Waals surface area (Å²) in [7, 11) is 1.80. The van der Waals surface area contributed by atoms with E-state index < -0.39 is 0 Å². The first kappa shape index (κ1) is 11.6. The van der Waals surface area contributed by atoms with E-state index in [1.807, 2.05) is 19.9 Å². The molecule has 0 atom stereocenters. The summed E-state index contributed by atoms with van der Waals surface area (Å²) in [5.41, 5.74) is 8.51. The number of benzene rings is 1. The monoisotopic (exact) mass is 233 g/mol. The van der Waals surface area contributed by atoms with Crippen LogP contribution in [0.2, 0.25) is 0 Å². The van der Waals surface area contributed by atoms with E-state index >= 15 is 0 Å². The minimum Gasteiger partial charge on any atom is -0.383 e. The summed E-state index contributed by atoms with van der Waals surface area (Å²) >= 11 is 0. The van der Waals surface area contributed by atoms with E-state index in [-0.39, 0.29) is 11.7 Å². The van der Waals surface area contributed by atoms with Crippen molar-refractivity contribution in [1.29, 1.82) is 0 Å². The molecule has 2 N–H and O–H groups in total. The summed E-state index contributed by atoms with van der Waals surface area (Å²) in [5.74, 6) is 0.552. The topological polar surface area (TPSA) is 43.8 Å². The van der Waals surface area contributed by atoms with Crippen molar-refractivity contribution in [2.45, 2.75) is 19.8 Å². The predicted octanol–water partition coefficient (Wildman–Crippen LogP) is 2.93. The van der Waals surface area contributed by atoms with Gasteiger partial charge in [-0.05, 0) is 23.6 Å². The summed E-state index contributed by atoms with van der Waals surface area (Å²) in [4.78, 5) is 0. The Balaban J connectivity index is 2.65. The number of aryl methyl sites for hydroxylation is 1. The Hall–Kier alpha value is -1.84. The highest BCUT2D eigenvalue weighted by molar-refractivity contribution is 5.77. The first-order valence-electron chi connectivity index (χ1n) is 5.59. The molecule has 0 aliphatic heterocycles. The van der Waals surface area contributed by atoms with Crippen LogP contribution in [0.4, 0.5) is 10.2 Å². The molecule has 0 bridgehead atoms. The number of hydrogen-bond donors (Lipinski definition) is 1. The second kappa shape index (κ2) is 4.20. The van der Waals surface area contributed by atoms with E-state index in [9.17, 15) is 4.39 Å². The molecule has 0 saturated carbocycles. The number of nitrogen functional groups attached to an aromatic ring is 1. The molecule has 0 amide bonds. The van der Waals surface area contributed by atoms with Gasteiger partial charge in [-0.15, -0.1) is 0 Å². The fourth-order valence-electron chi connectivity index (χ4n) is 1.90. The molecule has 1 aromatic heterocycles. The van der Waals surface area contributed by atoms with Gasteiger partial charge in [0.1, 0.15) is 11.6 Å². The molecule has 0 unspecified atom stereocenters. The highest BCUT2D eigenvalue weighted by Gasteiger charge is 2.18. The molecule has 0 fully saturated rings. The van der Waals surface area contributed by atoms with Gasteiger partial charge in [-0.2, -0.15) is 5.10 Å². The number of hydrogen-bond acceptors (Lipinski definition) is 2. The van der Waals surface area contributed by atoms with Gasteiger partial charge >= 0.3 is 0 Å². The van der Waals surface area contributed by atoms with Gasteiger partial charge in [0, 0.05) is 12.6 Å². The van der Waals surface area contributed by atoms with E-state index in [4.69, 9.17) is 5.73 Å². The van der Waals surface area contributed by atoms with Gasteiger partial charge in [0.2, 0.25) is 0 Å². The minimum atomic E-state index is -0.263. The van der Waals surface area contributed by atoms with E-state index in [2.05, 4.69) is 5.10 Å². The largest absolute Gasteiger partial charge is 0.383 e. The van der Waals surface area contributed by atoms with Crippen molar-refractivity contribution in [2.75, 3.05) is 5.73 Å². The minimum absolute atomic E-state index is 0.247. The molecule has 0 saturated heterocycles. The number of anilines is 1. The van der Waals surface area contributed by atoms with Crippen molar-refractivity contribution in [1.82, 2.24) is 9.78 Å². The highest BCUT2D eigenvalue weighted by Crippen LogP contribution is 2.33. The third kappa shape index (κ3) is 2.02. The summed E-state index contributed by atoms with van der Waals surface area (Å²) in [6.45, 7) is 4.09. The van der Waals surface area contributed by atoms with E-state index in [1.165, 1.54) is 12.1 Å². The maximum absolute atomic E-state index is 13.3. The first-order chi connectivity index (χ1) is 8.00. The highest BCUT2D eigenvalue weighted by atomic mass is 19.1. The van der Waals surface area contributed by atoms with Gasteiger partial charge < -0.3 is 5.73 Å². The lowest BCUT2D eigenvalue weighted by molar-refractivity contribution is 0.628. The van der Waals surface area contributed by atoms with Crippen molar-refractivity contribution in [3.63, 3.8) is 0 Å². The van der Waals surface area contributed by atoms with Crippen LogP contribution in [0.5, 0.6) is 0 Å². The zero-order valence-corrected chi connectivity index (χ0v) is 10.2. The Labute approximate surface area is 100 Å². The van der Waals surface area contributed by atoms with E-state index in [0.717, 1.165) is 16.8 Å². The Morgan fingerprint density at radius 3 is 2.65 bits per heavy atom. The Kier molecular flexibility index (Phi) is 2.88. The van der Waals surface area contributed by atoms with Gasteiger partial charge in [0.25, 0.3) is 0 Å². The Morgan fingerprint density at radius 1 is 1.35 bits per heavy atom. The van der Waals surface area contributed by atoms with Gasteiger partial charge in [0.05, 0.1) is 5.69 Å². The normalized spacial score (nSPS) is 11.1. The Morgan fingerprint density at radius 2 is 2.06 bits per heavy atom. The van der Waals surface area contributed by atoms with Crippen molar-refractivity contribution in [2.24, 2.45) is 7.05 Å². The SMILES string of the molecule is CC(C)c1nn(C)c(N)c1-c1cccc(F)c1. The molecule has 0 spiro atoms. The van der Waals surface area contributed by atoms with Crippen LogP contribution < -0.4 is 5.73 Å². The van der Waals surface area contributed by atoms with Gasteiger partial charge in [-0.1, -0.05) is 26.0 Å². The molecule has 0 aliphatic rings. The quantitative estimate of drug-likeness (QED) is 0.866. The second-order valence-electron chi connectivity index (χ2n) is 4.43. The molecule has 0 radical (unpaired) electrons. The van der Waals surface area contributed by atoms with Gasteiger partial charge in [0.15, 0.2) is 0 Å². The van der Waals surface area contributed by atoms with Gasteiger partial charge in [-0.25, -0.2) is 4.39 Å². The van der Waals surface area contributed by atoms with Crippen LogP contribution in [0.3, 0.4) is 0 Å². The standard InChI is InChI=1S/C13H16FN3/c1-8(2)12-11(13(15)17(3)16-12)9-5-4-6-10(14)7-9/h4-8H,15H2,1-3H3. The number of aromatic nitrogens is 2. The zero-order chi connectivity index (χ0) is 12.6. The molecular formula is C13H16FN3. The van der Waals surface area contributed by atoms with Crippen LogP contribution in [-0.2, 0) is 7.05 Å². The first-order valence-corrected chi connectivity index (χ1v) is 5.59. The molecule has 0 aliphatic carbocycles. The van der Waals surface area contributed by atoms with E-state index in [0.29, 0.717) is 5.82 Å². The molecule has 2 rings (SSSR count). The van der Waals surface area contributed by atoms with Crippen LogP contribution in [0.25, 0.3) is 11.1 Å². The maximum atomic E-state index is 13.3. The third-order valence-corrected chi connectivity index (χ3v) is 2.78. The van der Waals surface area contributed by atoms with Crippen molar-refractivity contribution < 1.29 is 4.39 Å². The molecule has 2 aromatic rings. The summed E-state index contributed by atoms with van der Waals surface area (Å²) < 4.78 is 14.9. The van der Waals surface area contributed by atoms with Crippen LogP contribution in [0, 0.1) is 5.82 Å². The van der Waals surface area contributed by atoms with Crippen LogP contribution in [0.15, 0.2) is 24.3 Å². The van der Waals surface area contributed by atoms with Crippen LogP contribution in [-0.4, -0.2) is 9.78 Å². The van der Waals surface area contributed by atoms with Crippen molar-refractivity contribution >= 4 is 5.82 Å². The average Bonchev–Trinajstić information content (AvgIpc) is 2.56. The fourth-order valence-corrected chi connectivity index (χ4v) is 1.90. The molecule has 3 nitrogen and oxygen atoms in total. The maximum Gasteiger partial charge on any atom is 0.129 e. The van der Waals surface area contributed by atoms with Crippen molar-refractivity contribution in [3.05, 3.63) is 35.8 Å². The lowest BCUT2D eigenvalue weighted by Gasteiger charge is -2.06. The fraction of sp³-hybridized carbons (Fsp3) is 0.308. The van der Waals surface area contributed by atoms with E-state index in [1.54, 1.807) is 17.8 Å². The Bertz CT molecular complexity index is 544. The smallest absolute Gasteiger partial charge is 0.129 e. The molecule has 1 aromatic carbocycles. The number of rotatable bonds is 2. The lowest BCUT2D eigenvalue weighted by Crippen LogP contribution is -1.98. The zero-order valence-electron chi connectivity index (χ0n) is 10.2. The molecular weight excluding hydrogens is 217 g/mol. The molecule has 4 heteroatoms. The molecule has 1 heterocycles. The second-order valence-corrected chi connectivity index (χ2v) is 4.43. The third-order valence-electron chi connectivity index (χ3n) is 2.78.